The Morgan fingerprint density at radius 3 is 2.58 bits per heavy atom. The number of pyridine rings is 1. The van der Waals surface area contributed by atoms with Crippen LogP contribution in [-0.2, 0) is 17.8 Å². The topological polar surface area (TPSA) is 198 Å². The van der Waals surface area contributed by atoms with Gasteiger partial charge in [0.2, 0.25) is 11.8 Å². The van der Waals surface area contributed by atoms with Crippen molar-refractivity contribution in [1.82, 2.24) is 40.6 Å². The van der Waals surface area contributed by atoms with Gasteiger partial charge in [0.25, 0.3) is 18.2 Å². The number of hydrogen-bond donors (Lipinski definition) is 5. The molecule has 324 valence electrons. The Balaban J connectivity index is 0.744. The SMILES string of the molecule is CN(CCNC(=O)NCc1ccc(Oc2cccc3c2C(=O)NC(=O)C3)cc1)C[C@H]1CC[C@@H](n2cc(NC(=O)c3coc(-c4ccnc(NCC5CC5)c4)n3)c(C(F)F)n2)CC1. The quantitative estimate of drug-likeness (QED) is 0.0624. The van der Waals surface area contributed by atoms with E-state index in [9.17, 15) is 28.0 Å². The summed E-state index contributed by atoms with van der Waals surface area (Å²) in [6.45, 7) is 3.04. The van der Waals surface area contributed by atoms with Crippen LogP contribution >= 0.6 is 0 Å². The monoisotopic (exact) mass is 850 g/mol. The van der Waals surface area contributed by atoms with Crippen molar-refractivity contribution in [3.8, 4) is 23.0 Å². The van der Waals surface area contributed by atoms with Crippen molar-refractivity contribution >= 4 is 35.3 Å². The third-order valence-corrected chi connectivity index (χ3v) is 11.3. The minimum Gasteiger partial charge on any atom is -0.457 e. The standard InChI is InChI=1S/C44H48F2N10O6/c1-55(18-17-48-44(60)50-22-27-9-13-32(14-10-27)62-35-4-2-3-29-20-37(57)53-42(59)38(29)35)23-28-7-11-31(12-8-28)56-24-33(39(54-56)40(45)46)51-41(58)34-25-61-43(52-34)30-15-16-47-36(19-30)49-21-26-5-6-26/h2-4,9-10,13-16,19,24-26,28,31,40H,5-8,11-12,17-18,20-23H2,1H3,(H,47,49)(H,51,58)(H2,48,50,60)(H,53,57,59)/t28-,31+. The van der Waals surface area contributed by atoms with Gasteiger partial charge in [-0.2, -0.15) is 5.10 Å². The molecule has 0 saturated heterocycles. The number of likely N-dealkylation sites (N-methyl/N-ethyl adjacent to an activating group) is 1. The molecule has 3 aromatic heterocycles. The molecular weight excluding hydrogens is 803 g/mol. The lowest BCUT2D eigenvalue weighted by molar-refractivity contribution is -0.119. The van der Waals surface area contributed by atoms with Gasteiger partial charge in [0.05, 0.1) is 23.7 Å². The molecule has 2 aromatic carbocycles. The van der Waals surface area contributed by atoms with Gasteiger partial charge < -0.3 is 35.3 Å². The summed E-state index contributed by atoms with van der Waals surface area (Å²) in [4.78, 5) is 60.6. The van der Waals surface area contributed by atoms with Crippen LogP contribution in [0.5, 0.6) is 11.5 Å². The molecule has 5 aromatic rings. The number of nitrogens with one attached hydrogen (secondary N) is 5. The molecule has 16 nitrogen and oxygen atoms in total. The van der Waals surface area contributed by atoms with Crippen LogP contribution in [0.2, 0.25) is 0 Å². The second kappa shape index (κ2) is 18.9. The zero-order valence-electron chi connectivity index (χ0n) is 34.2. The van der Waals surface area contributed by atoms with E-state index < -0.39 is 23.9 Å². The van der Waals surface area contributed by atoms with E-state index in [1.807, 2.05) is 19.2 Å². The van der Waals surface area contributed by atoms with Gasteiger partial charge in [-0.05, 0) is 98.9 Å². The van der Waals surface area contributed by atoms with E-state index in [4.69, 9.17) is 9.15 Å². The number of fused-ring (bicyclic) bond motifs is 1. The molecule has 62 heavy (non-hydrogen) atoms. The van der Waals surface area contributed by atoms with Crippen molar-refractivity contribution in [2.75, 3.05) is 43.9 Å². The Hall–Kier alpha value is -6.69. The number of carbonyl (C=O) groups excluding carboxylic acids is 4. The molecule has 3 aliphatic rings. The van der Waals surface area contributed by atoms with E-state index in [0.717, 1.165) is 44.3 Å². The molecule has 5 N–H and O–H groups in total. The number of oxazole rings is 1. The molecule has 18 heteroatoms. The fourth-order valence-corrected chi connectivity index (χ4v) is 7.78. The van der Waals surface area contributed by atoms with Crippen LogP contribution in [0, 0.1) is 11.8 Å². The lowest BCUT2D eigenvalue weighted by Gasteiger charge is -2.31. The Bertz CT molecular complexity index is 2410. The second-order valence-corrected chi connectivity index (χ2v) is 16.1. The number of imide groups is 1. The first kappa shape index (κ1) is 42.0. The predicted octanol–water partition coefficient (Wildman–Crippen LogP) is 6.71. The van der Waals surface area contributed by atoms with Crippen LogP contribution in [0.4, 0.5) is 25.1 Å². The number of aromatic nitrogens is 4. The number of carbonyl (C=O) groups is 4. The average Bonchev–Trinajstić information content (AvgIpc) is 3.78. The fraction of sp³-hybridized carbons (Fsp3) is 0.386. The van der Waals surface area contributed by atoms with Crippen molar-refractivity contribution < 1.29 is 37.1 Å². The lowest BCUT2D eigenvalue weighted by atomic mass is 9.86. The van der Waals surface area contributed by atoms with E-state index in [0.29, 0.717) is 65.5 Å². The Morgan fingerprint density at radius 1 is 1.02 bits per heavy atom. The van der Waals surface area contributed by atoms with Crippen LogP contribution in [0.1, 0.15) is 88.7 Å². The molecule has 2 saturated carbocycles. The van der Waals surface area contributed by atoms with Crippen LogP contribution in [-0.4, -0.2) is 81.6 Å². The Morgan fingerprint density at radius 2 is 1.81 bits per heavy atom. The van der Waals surface area contributed by atoms with Gasteiger partial charge in [0.1, 0.15) is 23.6 Å². The molecular formula is C44H48F2N10O6. The third-order valence-electron chi connectivity index (χ3n) is 11.3. The van der Waals surface area contributed by atoms with Crippen molar-refractivity contribution in [3.05, 3.63) is 101 Å². The number of benzene rings is 2. The molecule has 2 fully saturated rings. The van der Waals surface area contributed by atoms with E-state index in [-0.39, 0.29) is 41.7 Å². The third kappa shape index (κ3) is 10.6. The molecule has 0 spiro atoms. The Kier molecular flexibility index (Phi) is 12.8. The molecule has 0 unspecified atom stereocenters. The van der Waals surface area contributed by atoms with Crippen molar-refractivity contribution in [2.45, 2.75) is 64.0 Å². The van der Waals surface area contributed by atoms with Gasteiger partial charge in [0.15, 0.2) is 11.4 Å². The van der Waals surface area contributed by atoms with Crippen LogP contribution < -0.4 is 31.3 Å². The maximum absolute atomic E-state index is 14.1. The lowest BCUT2D eigenvalue weighted by Crippen LogP contribution is -2.40. The summed E-state index contributed by atoms with van der Waals surface area (Å²) in [5.41, 5.74) is 1.84. The normalized spacial score (nSPS) is 17.4. The highest BCUT2D eigenvalue weighted by Gasteiger charge is 2.29. The summed E-state index contributed by atoms with van der Waals surface area (Å²) in [6.07, 6.45) is 7.17. The molecule has 0 bridgehead atoms. The highest BCUT2D eigenvalue weighted by molar-refractivity contribution is 6.11. The summed E-state index contributed by atoms with van der Waals surface area (Å²) in [6, 6.07) is 15.4. The number of rotatable bonds is 17. The second-order valence-electron chi connectivity index (χ2n) is 16.1. The smallest absolute Gasteiger partial charge is 0.315 e. The first-order valence-corrected chi connectivity index (χ1v) is 20.8. The number of anilines is 2. The summed E-state index contributed by atoms with van der Waals surface area (Å²) >= 11 is 0. The fourth-order valence-electron chi connectivity index (χ4n) is 7.78. The predicted molar refractivity (Wildman–Crippen MR) is 224 cm³/mol. The molecule has 4 heterocycles. The number of alkyl halides is 2. The summed E-state index contributed by atoms with van der Waals surface area (Å²) in [5, 5.41) is 18.1. The highest BCUT2D eigenvalue weighted by atomic mass is 19.3. The van der Waals surface area contributed by atoms with Crippen LogP contribution in [0.25, 0.3) is 11.5 Å². The van der Waals surface area contributed by atoms with Gasteiger partial charge >= 0.3 is 6.03 Å². The van der Waals surface area contributed by atoms with Crippen molar-refractivity contribution in [1.29, 1.82) is 0 Å². The van der Waals surface area contributed by atoms with Gasteiger partial charge in [-0.3, -0.25) is 24.4 Å². The van der Waals surface area contributed by atoms with Gasteiger partial charge in [-0.25, -0.2) is 23.5 Å². The summed E-state index contributed by atoms with van der Waals surface area (Å²) in [7, 11) is 2.00. The number of nitrogens with zero attached hydrogens (tertiary/aromatic N) is 5. The van der Waals surface area contributed by atoms with Gasteiger partial charge in [0, 0.05) is 50.7 Å². The summed E-state index contributed by atoms with van der Waals surface area (Å²) < 4.78 is 41.3. The van der Waals surface area contributed by atoms with Crippen LogP contribution in [0.15, 0.2) is 77.7 Å². The largest absolute Gasteiger partial charge is 0.457 e. The minimum absolute atomic E-state index is 0.0467. The van der Waals surface area contributed by atoms with Gasteiger partial charge in [-0.1, -0.05) is 24.3 Å². The minimum atomic E-state index is -2.89. The number of urea groups is 1. The number of ether oxygens (including phenoxy) is 1. The molecule has 8 rings (SSSR count). The number of halogens is 2. The maximum atomic E-state index is 14.1. The summed E-state index contributed by atoms with van der Waals surface area (Å²) in [5.74, 6) is 1.31. The zero-order chi connectivity index (χ0) is 43.2. The number of hydrogen-bond acceptors (Lipinski definition) is 11. The maximum Gasteiger partial charge on any atom is 0.315 e. The number of amides is 5. The Labute approximate surface area is 356 Å². The molecule has 5 amide bonds. The van der Waals surface area contributed by atoms with Gasteiger partial charge in [-0.15, -0.1) is 0 Å². The molecule has 0 atom stereocenters. The van der Waals surface area contributed by atoms with Crippen molar-refractivity contribution in [3.63, 3.8) is 0 Å². The van der Waals surface area contributed by atoms with E-state index in [1.54, 1.807) is 53.3 Å². The zero-order valence-corrected chi connectivity index (χ0v) is 34.2. The first-order valence-electron chi connectivity index (χ1n) is 20.8. The van der Waals surface area contributed by atoms with Crippen LogP contribution in [0.3, 0.4) is 0 Å². The highest BCUT2D eigenvalue weighted by Crippen LogP contribution is 2.36. The molecule has 0 radical (unpaired) electrons. The van der Waals surface area contributed by atoms with E-state index in [2.05, 4.69) is 46.6 Å². The first-order chi connectivity index (χ1) is 30.0. The molecule has 2 aliphatic carbocycles. The van der Waals surface area contributed by atoms with E-state index >= 15 is 0 Å². The average molecular weight is 851 g/mol. The van der Waals surface area contributed by atoms with E-state index in [1.165, 1.54) is 25.3 Å². The van der Waals surface area contributed by atoms with Crippen molar-refractivity contribution in [2.24, 2.45) is 11.8 Å². The molecule has 1 aliphatic heterocycles.